The van der Waals surface area contributed by atoms with Gasteiger partial charge in [0, 0.05) is 25.2 Å². The second-order valence-corrected chi connectivity index (χ2v) is 5.65. The molecule has 102 valence electrons. The number of fused-ring (bicyclic) bond motifs is 1. The Morgan fingerprint density at radius 2 is 2.11 bits per heavy atom. The number of carbonyl (C=O) groups excluding carboxylic acids is 1. The van der Waals surface area contributed by atoms with Gasteiger partial charge in [0.05, 0.1) is 24.7 Å². The van der Waals surface area contributed by atoms with Gasteiger partial charge in [-0.15, -0.1) is 0 Å². The van der Waals surface area contributed by atoms with E-state index in [1.807, 2.05) is 0 Å². The number of ether oxygens (including phenoxy) is 2. The van der Waals surface area contributed by atoms with E-state index in [0.29, 0.717) is 12.3 Å². The van der Waals surface area contributed by atoms with Crippen molar-refractivity contribution in [2.75, 3.05) is 13.2 Å². The first-order valence-electron chi connectivity index (χ1n) is 7.04. The van der Waals surface area contributed by atoms with Gasteiger partial charge in [0.1, 0.15) is 0 Å². The third-order valence-corrected chi connectivity index (χ3v) is 4.46. The van der Waals surface area contributed by atoms with Crippen LogP contribution in [0.4, 0.5) is 0 Å². The van der Waals surface area contributed by atoms with Gasteiger partial charge in [0.25, 0.3) is 0 Å². The summed E-state index contributed by atoms with van der Waals surface area (Å²) in [6.07, 6.45) is 5.00. The first-order valence-corrected chi connectivity index (χ1v) is 7.04. The predicted octanol–water partition coefficient (Wildman–Crippen LogP) is 0.176. The number of hydrogen-bond donors (Lipinski definition) is 2. The topological polar surface area (TPSA) is 73.6 Å². The summed E-state index contributed by atoms with van der Waals surface area (Å²) < 4.78 is 11.2. The van der Waals surface area contributed by atoms with E-state index in [9.17, 15) is 4.79 Å². The zero-order valence-electron chi connectivity index (χ0n) is 10.6. The summed E-state index contributed by atoms with van der Waals surface area (Å²) in [5.74, 6) is 0.498. The Labute approximate surface area is 107 Å². The molecule has 3 aliphatic rings. The van der Waals surface area contributed by atoms with Gasteiger partial charge in [0.2, 0.25) is 5.91 Å². The van der Waals surface area contributed by atoms with Crippen molar-refractivity contribution >= 4 is 5.91 Å². The molecule has 0 aromatic heterocycles. The molecule has 0 aromatic carbocycles. The van der Waals surface area contributed by atoms with Crippen molar-refractivity contribution in [2.45, 2.75) is 56.4 Å². The molecular formula is C13H22N2O3. The summed E-state index contributed by atoms with van der Waals surface area (Å²) >= 11 is 0. The Morgan fingerprint density at radius 3 is 2.89 bits per heavy atom. The standard InChI is InChI=1S/C13H22N2O3/c14-11-9-4-6-18-13(9)12(11)15-10(16)7-8-3-1-2-5-17-8/h8-9,11-13H,1-7,14H2,(H,15,16). The maximum absolute atomic E-state index is 11.9. The molecule has 1 amide bonds. The molecule has 2 saturated heterocycles. The lowest BCUT2D eigenvalue weighted by Crippen LogP contribution is -2.69. The van der Waals surface area contributed by atoms with Crippen LogP contribution in [0.1, 0.15) is 32.1 Å². The molecule has 5 atom stereocenters. The van der Waals surface area contributed by atoms with Gasteiger partial charge < -0.3 is 20.5 Å². The van der Waals surface area contributed by atoms with Crippen LogP contribution in [0.5, 0.6) is 0 Å². The molecule has 1 saturated carbocycles. The van der Waals surface area contributed by atoms with E-state index < -0.39 is 0 Å². The lowest BCUT2D eigenvalue weighted by atomic mass is 9.72. The molecule has 0 aromatic rings. The Hall–Kier alpha value is -0.650. The highest BCUT2D eigenvalue weighted by molar-refractivity contribution is 5.77. The molecule has 0 radical (unpaired) electrons. The number of nitrogens with one attached hydrogen (secondary N) is 1. The highest BCUT2D eigenvalue weighted by Crippen LogP contribution is 2.37. The van der Waals surface area contributed by atoms with Gasteiger partial charge in [-0.05, 0) is 25.7 Å². The highest BCUT2D eigenvalue weighted by Gasteiger charge is 2.52. The maximum atomic E-state index is 11.9. The average molecular weight is 254 g/mol. The summed E-state index contributed by atoms with van der Waals surface area (Å²) in [5.41, 5.74) is 6.06. The fourth-order valence-electron chi connectivity index (χ4n) is 3.35. The van der Waals surface area contributed by atoms with E-state index >= 15 is 0 Å². The summed E-state index contributed by atoms with van der Waals surface area (Å²) in [6, 6.07) is 0.0716. The number of nitrogens with two attached hydrogens (primary N) is 1. The quantitative estimate of drug-likeness (QED) is 0.753. The predicted molar refractivity (Wildman–Crippen MR) is 66.0 cm³/mol. The molecular weight excluding hydrogens is 232 g/mol. The third-order valence-electron chi connectivity index (χ3n) is 4.46. The minimum Gasteiger partial charge on any atom is -0.378 e. The minimum atomic E-state index is 0.00795. The minimum absolute atomic E-state index is 0.00795. The van der Waals surface area contributed by atoms with Crippen LogP contribution in [-0.4, -0.2) is 43.4 Å². The van der Waals surface area contributed by atoms with Crippen LogP contribution in [0.25, 0.3) is 0 Å². The van der Waals surface area contributed by atoms with Gasteiger partial charge in [-0.1, -0.05) is 0 Å². The van der Waals surface area contributed by atoms with Crippen molar-refractivity contribution in [3.63, 3.8) is 0 Å². The van der Waals surface area contributed by atoms with E-state index in [1.165, 1.54) is 0 Å². The summed E-state index contributed by atoms with van der Waals surface area (Å²) in [5, 5.41) is 3.02. The van der Waals surface area contributed by atoms with Gasteiger partial charge in [-0.25, -0.2) is 0 Å². The third kappa shape index (κ3) is 2.27. The normalized spacial score (nSPS) is 43.1. The van der Waals surface area contributed by atoms with Gasteiger partial charge in [-0.3, -0.25) is 4.79 Å². The van der Waals surface area contributed by atoms with Crippen LogP contribution in [0.3, 0.4) is 0 Å². The molecule has 3 fully saturated rings. The first-order chi connectivity index (χ1) is 8.75. The van der Waals surface area contributed by atoms with Gasteiger partial charge in [0.15, 0.2) is 0 Å². The summed E-state index contributed by atoms with van der Waals surface area (Å²) in [6.45, 7) is 1.57. The fraction of sp³-hybridized carbons (Fsp3) is 0.923. The van der Waals surface area contributed by atoms with E-state index in [0.717, 1.165) is 38.9 Å². The first kappa shape index (κ1) is 12.4. The fourth-order valence-corrected chi connectivity index (χ4v) is 3.35. The van der Waals surface area contributed by atoms with Crippen molar-refractivity contribution in [1.82, 2.24) is 5.32 Å². The largest absolute Gasteiger partial charge is 0.378 e. The van der Waals surface area contributed by atoms with Crippen LogP contribution in [0.15, 0.2) is 0 Å². The molecule has 5 heteroatoms. The Morgan fingerprint density at radius 1 is 1.22 bits per heavy atom. The Kier molecular flexibility index (Phi) is 3.54. The van der Waals surface area contributed by atoms with E-state index in [1.54, 1.807) is 0 Å². The van der Waals surface area contributed by atoms with E-state index in [4.69, 9.17) is 15.2 Å². The smallest absolute Gasteiger partial charge is 0.222 e. The zero-order chi connectivity index (χ0) is 12.5. The van der Waals surface area contributed by atoms with Gasteiger partial charge >= 0.3 is 0 Å². The number of rotatable bonds is 3. The van der Waals surface area contributed by atoms with Crippen LogP contribution in [-0.2, 0) is 14.3 Å². The monoisotopic (exact) mass is 254 g/mol. The van der Waals surface area contributed by atoms with Crippen molar-refractivity contribution in [3.05, 3.63) is 0 Å². The second-order valence-electron chi connectivity index (χ2n) is 5.65. The van der Waals surface area contributed by atoms with Crippen LogP contribution < -0.4 is 11.1 Å². The van der Waals surface area contributed by atoms with Crippen LogP contribution in [0, 0.1) is 5.92 Å². The molecule has 3 N–H and O–H groups in total. The molecule has 3 rings (SSSR count). The SMILES string of the molecule is NC1C2CCOC2C1NC(=O)CC1CCCCO1. The maximum Gasteiger partial charge on any atom is 0.222 e. The number of hydrogen-bond acceptors (Lipinski definition) is 4. The Bertz CT molecular complexity index is 317. The highest BCUT2D eigenvalue weighted by atomic mass is 16.5. The van der Waals surface area contributed by atoms with Crippen molar-refractivity contribution in [1.29, 1.82) is 0 Å². The van der Waals surface area contributed by atoms with Crippen molar-refractivity contribution in [3.8, 4) is 0 Å². The summed E-state index contributed by atoms with van der Waals surface area (Å²) in [7, 11) is 0. The lowest BCUT2D eigenvalue weighted by molar-refractivity contribution is -0.129. The molecule has 2 heterocycles. The van der Waals surface area contributed by atoms with E-state index in [2.05, 4.69) is 5.32 Å². The molecule has 18 heavy (non-hydrogen) atoms. The lowest BCUT2D eigenvalue weighted by Gasteiger charge is -2.45. The molecule has 2 aliphatic heterocycles. The zero-order valence-corrected chi connectivity index (χ0v) is 10.6. The van der Waals surface area contributed by atoms with Crippen LogP contribution >= 0.6 is 0 Å². The van der Waals surface area contributed by atoms with Gasteiger partial charge in [-0.2, -0.15) is 0 Å². The summed E-state index contributed by atoms with van der Waals surface area (Å²) in [4.78, 5) is 11.9. The van der Waals surface area contributed by atoms with E-state index in [-0.39, 0.29) is 30.2 Å². The Balaban J connectivity index is 1.46. The number of carbonyl (C=O) groups is 1. The van der Waals surface area contributed by atoms with Crippen molar-refractivity contribution < 1.29 is 14.3 Å². The second kappa shape index (κ2) is 5.15. The van der Waals surface area contributed by atoms with Crippen LogP contribution in [0.2, 0.25) is 0 Å². The molecule has 5 nitrogen and oxygen atoms in total. The molecule has 0 bridgehead atoms. The number of amides is 1. The molecule has 1 aliphatic carbocycles. The molecule has 5 unspecified atom stereocenters. The molecule has 0 spiro atoms. The van der Waals surface area contributed by atoms with Crippen molar-refractivity contribution in [2.24, 2.45) is 11.7 Å². The average Bonchev–Trinajstić information content (AvgIpc) is 2.82.